The zero-order valence-corrected chi connectivity index (χ0v) is 12.7. The molecule has 1 heterocycles. The number of nitrogens with zero attached hydrogens (tertiary/aromatic N) is 1. The zero-order chi connectivity index (χ0) is 16.1. The summed E-state index contributed by atoms with van der Waals surface area (Å²) in [6.45, 7) is 5.47. The Kier molecular flexibility index (Phi) is 4.93. The van der Waals surface area contributed by atoms with E-state index in [2.05, 4.69) is 15.5 Å². The van der Waals surface area contributed by atoms with Crippen LogP contribution in [0.1, 0.15) is 23.9 Å². The first-order chi connectivity index (χ1) is 10.5. The van der Waals surface area contributed by atoms with Gasteiger partial charge in [0.1, 0.15) is 11.6 Å². The van der Waals surface area contributed by atoms with Crippen molar-refractivity contribution in [2.75, 3.05) is 0 Å². The molecule has 0 aliphatic heterocycles. The first-order valence-corrected chi connectivity index (χ1v) is 6.87. The van der Waals surface area contributed by atoms with Gasteiger partial charge in [0.25, 0.3) is 5.91 Å². The normalized spacial score (nSPS) is 12.4. The van der Waals surface area contributed by atoms with Crippen molar-refractivity contribution in [1.82, 2.24) is 10.4 Å². The van der Waals surface area contributed by atoms with E-state index in [4.69, 9.17) is 4.74 Å². The standard InChI is InChI=1S/C16H18FN3O2/c1-10-8-13(11(2)19-10)9-18-20-16(21)12(3)22-15-6-4-14(17)5-7-15/h4-9,12,19H,1-3H3,(H,20,21)/b18-9+/t12-/m0/s1. The van der Waals surface area contributed by atoms with Crippen LogP contribution < -0.4 is 10.2 Å². The third-order valence-corrected chi connectivity index (χ3v) is 3.06. The van der Waals surface area contributed by atoms with Crippen LogP contribution >= 0.6 is 0 Å². The summed E-state index contributed by atoms with van der Waals surface area (Å²) in [4.78, 5) is 15.0. The molecule has 1 aromatic heterocycles. The van der Waals surface area contributed by atoms with Crippen LogP contribution in [0.3, 0.4) is 0 Å². The molecule has 1 amide bonds. The average Bonchev–Trinajstić information content (AvgIpc) is 2.79. The minimum Gasteiger partial charge on any atom is -0.481 e. The second-order valence-corrected chi connectivity index (χ2v) is 4.98. The number of aromatic nitrogens is 1. The fourth-order valence-electron chi connectivity index (χ4n) is 1.91. The van der Waals surface area contributed by atoms with Crippen molar-refractivity contribution in [3.8, 4) is 5.75 Å². The molecule has 0 saturated heterocycles. The fourth-order valence-corrected chi connectivity index (χ4v) is 1.91. The largest absolute Gasteiger partial charge is 0.481 e. The Morgan fingerprint density at radius 1 is 1.36 bits per heavy atom. The highest BCUT2D eigenvalue weighted by Gasteiger charge is 2.13. The number of hydrazone groups is 1. The highest BCUT2D eigenvalue weighted by atomic mass is 19.1. The first kappa shape index (κ1) is 15.8. The number of carbonyl (C=O) groups excluding carboxylic acids is 1. The Balaban J connectivity index is 1.88. The maximum absolute atomic E-state index is 12.8. The number of H-pyrrole nitrogens is 1. The summed E-state index contributed by atoms with van der Waals surface area (Å²) in [5, 5.41) is 3.91. The summed E-state index contributed by atoms with van der Waals surface area (Å²) in [6.07, 6.45) is 0.832. The summed E-state index contributed by atoms with van der Waals surface area (Å²) in [6, 6.07) is 7.41. The molecule has 116 valence electrons. The molecule has 0 fully saturated rings. The van der Waals surface area contributed by atoms with Gasteiger partial charge in [0.05, 0.1) is 6.21 Å². The number of nitrogens with one attached hydrogen (secondary N) is 2. The molecular weight excluding hydrogens is 285 g/mol. The lowest BCUT2D eigenvalue weighted by molar-refractivity contribution is -0.127. The van der Waals surface area contributed by atoms with Crippen LogP contribution in [0.4, 0.5) is 4.39 Å². The van der Waals surface area contributed by atoms with Crippen LogP contribution in [0.15, 0.2) is 35.4 Å². The highest BCUT2D eigenvalue weighted by molar-refractivity contribution is 5.85. The van der Waals surface area contributed by atoms with E-state index in [1.165, 1.54) is 24.3 Å². The molecule has 0 spiro atoms. The maximum atomic E-state index is 12.8. The van der Waals surface area contributed by atoms with Gasteiger partial charge in [-0.05, 0) is 51.1 Å². The van der Waals surface area contributed by atoms with Crippen LogP contribution in [-0.2, 0) is 4.79 Å². The molecule has 0 aliphatic rings. The van der Waals surface area contributed by atoms with E-state index in [0.29, 0.717) is 5.75 Å². The maximum Gasteiger partial charge on any atom is 0.280 e. The van der Waals surface area contributed by atoms with Gasteiger partial charge in [-0.1, -0.05) is 0 Å². The predicted octanol–water partition coefficient (Wildman–Crippen LogP) is 2.69. The van der Waals surface area contributed by atoms with E-state index in [-0.39, 0.29) is 11.7 Å². The topological polar surface area (TPSA) is 66.5 Å². The van der Waals surface area contributed by atoms with Gasteiger partial charge < -0.3 is 9.72 Å². The number of aromatic amines is 1. The molecule has 2 rings (SSSR count). The number of aryl methyl sites for hydroxylation is 2. The molecule has 0 unspecified atom stereocenters. The number of rotatable bonds is 5. The van der Waals surface area contributed by atoms with E-state index < -0.39 is 6.10 Å². The fraction of sp³-hybridized carbons (Fsp3) is 0.250. The number of hydrogen-bond donors (Lipinski definition) is 2. The lowest BCUT2D eigenvalue weighted by atomic mass is 10.3. The van der Waals surface area contributed by atoms with Gasteiger partial charge in [0.2, 0.25) is 0 Å². The quantitative estimate of drug-likeness (QED) is 0.659. The number of carbonyl (C=O) groups is 1. The molecule has 1 aromatic carbocycles. The Bertz CT molecular complexity index is 677. The number of benzene rings is 1. The van der Waals surface area contributed by atoms with Crippen LogP contribution in [0.25, 0.3) is 0 Å². The van der Waals surface area contributed by atoms with Crippen LogP contribution in [-0.4, -0.2) is 23.2 Å². The van der Waals surface area contributed by atoms with Crippen molar-refractivity contribution in [1.29, 1.82) is 0 Å². The average molecular weight is 303 g/mol. The van der Waals surface area contributed by atoms with E-state index in [9.17, 15) is 9.18 Å². The van der Waals surface area contributed by atoms with Crippen molar-refractivity contribution in [3.05, 3.63) is 53.1 Å². The number of halogens is 1. The molecule has 6 heteroatoms. The first-order valence-electron chi connectivity index (χ1n) is 6.87. The number of hydrogen-bond acceptors (Lipinski definition) is 3. The zero-order valence-electron chi connectivity index (χ0n) is 12.7. The summed E-state index contributed by atoms with van der Waals surface area (Å²) in [7, 11) is 0. The van der Waals surface area contributed by atoms with Gasteiger partial charge >= 0.3 is 0 Å². The second-order valence-electron chi connectivity index (χ2n) is 4.98. The van der Waals surface area contributed by atoms with Crippen LogP contribution in [0.5, 0.6) is 5.75 Å². The molecule has 2 N–H and O–H groups in total. The minimum atomic E-state index is -0.739. The van der Waals surface area contributed by atoms with Gasteiger partial charge in [-0.3, -0.25) is 4.79 Å². The number of ether oxygens (including phenoxy) is 1. The third kappa shape index (κ3) is 4.18. The monoisotopic (exact) mass is 303 g/mol. The van der Waals surface area contributed by atoms with Crippen molar-refractivity contribution in [2.45, 2.75) is 26.9 Å². The van der Waals surface area contributed by atoms with Crippen LogP contribution in [0.2, 0.25) is 0 Å². The van der Waals surface area contributed by atoms with Gasteiger partial charge in [0, 0.05) is 17.0 Å². The summed E-state index contributed by atoms with van der Waals surface area (Å²) < 4.78 is 18.2. The lowest BCUT2D eigenvalue weighted by Gasteiger charge is -2.12. The Labute approximate surface area is 128 Å². The summed E-state index contributed by atoms with van der Waals surface area (Å²) in [5.41, 5.74) is 5.33. The predicted molar refractivity (Wildman–Crippen MR) is 82.5 cm³/mol. The molecule has 22 heavy (non-hydrogen) atoms. The van der Waals surface area contributed by atoms with Crippen molar-refractivity contribution < 1.29 is 13.9 Å². The van der Waals surface area contributed by atoms with E-state index in [0.717, 1.165) is 17.0 Å². The molecule has 5 nitrogen and oxygen atoms in total. The lowest BCUT2D eigenvalue weighted by Crippen LogP contribution is -2.33. The molecule has 1 atom stereocenters. The summed E-state index contributed by atoms with van der Waals surface area (Å²) in [5.74, 6) is -0.318. The Morgan fingerprint density at radius 3 is 2.64 bits per heavy atom. The Morgan fingerprint density at radius 2 is 2.05 bits per heavy atom. The second kappa shape index (κ2) is 6.89. The van der Waals surface area contributed by atoms with Gasteiger partial charge in [-0.2, -0.15) is 5.10 Å². The molecular formula is C16H18FN3O2. The van der Waals surface area contributed by atoms with Crippen molar-refractivity contribution in [2.24, 2.45) is 5.10 Å². The van der Waals surface area contributed by atoms with Crippen LogP contribution in [0, 0.1) is 19.7 Å². The smallest absolute Gasteiger partial charge is 0.280 e. The van der Waals surface area contributed by atoms with Gasteiger partial charge in [-0.15, -0.1) is 0 Å². The highest BCUT2D eigenvalue weighted by Crippen LogP contribution is 2.13. The molecule has 0 radical (unpaired) electrons. The number of amides is 1. The third-order valence-electron chi connectivity index (χ3n) is 3.06. The Hall–Kier alpha value is -2.63. The minimum absolute atomic E-state index is 0.355. The van der Waals surface area contributed by atoms with Crippen molar-refractivity contribution >= 4 is 12.1 Å². The van der Waals surface area contributed by atoms with E-state index in [1.807, 2.05) is 19.9 Å². The summed E-state index contributed by atoms with van der Waals surface area (Å²) >= 11 is 0. The van der Waals surface area contributed by atoms with Crippen molar-refractivity contribution in [3.63, 3.8) is 0 Å². The van der Waals surface area contributed by atoms with E-state index in [1.54, 1.807) is 13.1 Å². The molecule has 0 bridgehead atoms. The van der Waals surface area contributed by atoms with E-state index >= 15 is 0 Å². The molecule has 0 saturated carbocycles. The van der Waals surface area contributed by atoms with Gasteiger partial charge in [0.15, 0.2) is 6.10 Å². The van der Waals surface area contributed by atoms with Gasteiger partial charge in [-0.25, -0.2) is 9.82 Å². The molecule has 0 aliphatic carbocycles. The molecule has 2 aromatic rings. The SMILES string of the molecule is Cc1cc(/C=N/NC(=O)[C@H](C)Oc2ccc(F)cc2)c(C)[nH]1.